The number of carbonyl (C=O) groups excluding carboxylic acids is 2. The lowest BCUT2D eigenvalue weighted by atomic mass is 9.92. The lowest BCUT2D eigenvalue weighted by Crippen LogP contribution is -2.36. The minimum Gasteiger partial charge on any atom is -0.392 e. The summed E-state index contributed by atoms with van der Waals surface area (Å²) in [5.74, 6) is -0.596. The van der Waals surface area contributed by atoms with Crippen LogP contribution in [0.4, 0.5) is 0 Å². The Morgan fingerprint density at radius 3 is 2.39 bits per heavy atom. The first-order valence-corrected chi connectivity index (χ1v) is 5.63. The van der Waals surface area contributed by atoms with Gasteiger partial charge in [-0.1, -0.05) is 18.2 Å². The zero-order chi connectivity index (χ0) is 12.9. The van der Waals surface area contributed by atoms with Crippen LogP contribution < -0.4 is 0 Å². The molecule has 4 nitrogen and oxygen atoms in total. The van der Waals surface area contributed by atoms with E-state index in [0.29, 0.717) is 16.5 Å². The smallest absolute Gasteiger partial charge is 0.261 e. The van der Waals surface area contributed by atoms with Crippen LogP contribution in [0.3, 0.4) is 0 Å². The van der Waals surface area contributed by atoms with Crippen LogP contribution in [0, 0.1) is 0 Å². The van der Waals surface area contributed by atoms with Crippen molar-refractivity contribution < 1.29 is 14.7 Å². The van der Waals surface area contributed by atoms with Crippen LogP contribution in [0.5, 0.6) is 0 Å². The molecule has 0 saturated heterocycles. The average molecular weight is 241 g/mol. The SMILES string of the molecule is CN1C(=O)c2cccc3c(CO)ccc(c23)C1=O. The van der Waals surface area contributed by atoms with E-state index in [1.807, 2.05) is 6.07 Å². The molecule has 2 amide bonds. The summed E-state index contributed by atoms with van der Waals surface area (Å²) < 4.78 is 0. The largest absolute Gasteiger partial charge is 0.392 e. The van der Waals surface area contributed by atoms with Crippen molar-refractivity contribution in [2.75, 3.05) is 7.05 Å². The summed E-state index contributed by atoms with van der Waals surface area (Å²) in [6.07, 6.45) is 0. The molecule has 2 aromatic rings. The van der Waals surface area contributed by atoms with E-state index in [9.17, 15) is 14.7 Å². The molecule has 0 atom stereocenters. The molecular weight excluding hydrogens is 230 g/mol. The Balaban J connectivity index is 2.49. The maximum Gasteiger partial charge on any atom is 0.261 e. The number of aliphatic hydroxyl groups excluding tert-OH is 1. The molecule has 1 heterocycles. The predicted molar refractivity (Wildman–Crippen MR) is 66.3 cm³/mol. The van der Waals surface area contributed by atoms with Gasteiger partial charge in [-0.2, -0.15) is 0 Å². The van der Waals surface area contributed by atoms with Crippen molar-refractivity contribution in [3.05, 3.63) is 47.0 Å². The molecule has 0 aromatic heterocycles. The second-order valence-electron chi connectivity index (χ2n) is 4.33. The Kier molecular flexibility index (Phi) is 2.21. The van der Waals surface area contributed by atoms with E-state index in [2.05, 4.69) is 0 Å². The second kappa shape index (κ2) is 3.65. The van der Waals surface area contributed by atoms with Gasteiger partial charge in [-0.3, -0.25) is 14.5 Å². The first-order valence-electron chi connectivity index (χ1n) is 5.63. The van der Waals surface area contributed by atoms with Gasteiger partial charge in [0, 0.05) is 23.6 Å². The second-order valence-corrected chi connectivity index (χ2v) is 4.33. The molecule has 1 N–H and O–H groups in total. The maximum atomic E-state index is 12.1. The number of benzene rings is 2. The summed E-state index contributed by atoms with van der Waals surface area (Å²) in [6, 6.07) is 8.69. The number of hydrogen-bond acceptors (Lipinski definition) is 3. The molecule has 3 rings (SSSR count). The first-order chi connectivity index (χ1) is 8.65. The highest BCUT2D eigenvalue weighted by Gasteiger charge is 2.30. The van der Waals surface area contributed by atoms with Crippen LogP contribution in [-0.4, -0.2) is 28.9 Å². The van der Waals surface area contributed by atoms with Gasteiger partial charge in [-0.25, -0.2) is 0 Å². The molecule has 0 aliphatic carbocycles. The van der Waals surface area contributed by atoms with Gasteiger partial charge >= 0.3 is 0 Å². The topological polar surface area (TPSA) is 57.6 Å². The molecule has 1 aliphatic heterocycles. The first kappa shape index (κ1) is 10.9. The minimum absolute atomic E-state index is 0.113. The van der Waals surface area contributed by atoms with Gasteiger partial charge in [0.05, 0.1) is 6.61 Å². The van der Waals surface area contributed by atoms with Gasteiger partial charge in [0.1, 0.15) is 0 Å². The molecule has 0 bridgehead atoms. The summed E-state index contributed by atoms with van der Waals surface area (Å²) >= 11 is 0. The monoisotopic (exact) mass is 241 g/mol. The summed E-state index contributed by atoms with van der Waals surface area (Å²) in [6.45, 7) is -0.113. The van der Waals surface area contributed by atoms with Crippen molar-refractivity contribution in [3.8, 4) is 0 Å². The molecule has 2 aromatic carbocycles. The lowest BCUT2D eigenvalue weighted by molar-refractivity contribution is 0.0650. The predicted octanol–water partition coefficient (Wildman–Crippen LogP) is 1.56. The summed E-state index contributed by atoms with van der Waals surface area (Å²) in [5, 5.41) is 10.7. The highest BCUT2D eigenvalue weighted by atomic mass is 16.3. The van der Waals surface area contributed by atoms with E-state index >= 15 is 0 Å². The number of amides is 2. The zero-order valence-corrected chi connectivity index (χ0v) is 9.80. The third-order valence-corrected chi connectivity index (χ3v) is 3.37. The van der Waals surface area contributed by atoms with Crippen molar-refractivity contribution in [3.63, 3.8) is 0 Å². The minimum atomic E-state index is -0.298. The van der Waals surface area contributed by atoms with Crippen molar-refractivity contribution in [2.45, 2.75) is 6.61 Å². The van der Waals surface area contributed by atoms with Gasteiger partial charge in [0.15, 0.2) is 0 Å². The summed E-state index contributed by atoms with van der Waals surface area (Å²) in [7, 11) is 1.48. The van der Waals surface area contributed by atoms with Crippen LogP contribution in [-0.2, 0) is 6.61 Å². The molecule has 0 saturated carbocycles. The third kappa shape index (κ3) is 1.23. The molecule has 4 heteroatoms. The van der Waals surface area contributed by atoms with Crippen molar-refractivity contribution in [1.29, 1.82) is 0 Å². The Hall–Kier alpha value is -2.20. The molecular formula is C14H11NO3. The fourth-order valence-corrected chi connectivity index (χ4v) is 2.42. The fraction of sp³-hybridized carbons (Fsp3) is 0.143. The van der Waals surface area contributed by atoms with Crippen LogP contribution >= 0.6 is 0 Å². The Bertz CT molecular complexity index is 668. The molecule has 18 heavy (non-hydrogen) atoms. The zero-order valence-electron chi connectivity index (χ0n) is 9.80. The molecule has 0 unspecified atom stereocenters. The van der Waals surface area contributed by atoms with E-state index in [1.54, 1.807) is 24.3 Å². The van der Waals surface area contributed by atoms with E-state index in [-0.39, 0.29) is 18.4 Å². The number of carbonyl (C=O) groups is 2. The van der Waals surface area contributed by atoms with Crippen LogP contribution in [0.25, 0.3) is 10.8 Å². The fourth-order valence-electron chi connectivity index (χ4n) is 2.42. The lowest BCUT2D eigenvalue weighted by Gasteiger charge is -2.24. The number of imide groups is 1. The molecule has 90 valence electrons. The Morgan fingerprint density at radius 2 is 1.72 bits per heavy atom. The Morgan fingerprint density at radius 1 is 1.06 bits per heavy atom. The number of aliphatic hydroxyl groups is 1. The van der Waals surface area contributed by atoms with E-state index < -0.39 is 0 Å². The highest BCUT2D eigenvalue weighted by Crippen LogP contribution is 2.31. The number of hydrogen-bond donors (Lipinski definition) is 1. The third-order valence-electron chi connectivity index (χ3n) is 3.37. The molecule has 1 aliphatic rings. The molecule has 0 fully saturated rings. The number of rotatable bonds is 1. The standard InChI is InChI=1S/C14H11NO3/c1-15-13(17)10-4-2-3-9-8(7-16)5-6-11(12(9)10)14(15)18/h2-6,16H,7H2,1H3. The van der Waals surface area contributed by atoms with Crippen molar-refractivity contribution in [1.82, 2.24) is 4.90 Å². The van der Waals surface area contributed by atoms with E-state index in [4.69, 9.17) is 0 Å². The normalized spacial score (nSPS) is 14.4. The summed E-state index contributed by atoms with van der Waals surface area (Å²) in [5.41, 5.74) is 1.75. The highest BCUT2D eigenvalue weighted by molar-refractivity contribution is 6.25. The maximum absolute atomic E-state index is 12.1. The molecule has 0 radical (unpaired) electrons. The quantitative estimate of drug-likeness (QED) is 0.771. The number of nitrogens with zero attached hydrogens (tertiary/aromatic N) is 1. The molecule has 0 spiro atoms. The van der Waals surface area contributed by atoms with Gasteiger partial charge in [-0.05, 0) is 23.1 Å². The average Bonchev–Trinajstić information content (AvgIpc) is 2.41. The Labute approximate surface area is 103 Å². The van der Waals surface area contributed by atoms with Crippen molar-refractivity contribution in [2.24, 2.45) is 0 Å². The van der Waals surface area contributed by atoms with Crippen LogP contribution in [0.1, 0.15) is 26.3 Å². The summed E-state index contributed by atoms with van der Waals surface area (Å²) in [4.78, 5) is 25.2. The van der Waals surface area contributed by atoms with Gasteiger partial charge < -0.3 is 5.11 Å². The van der Waals surface area contributed by atoms with Crippen molar-refractivity contribution >= 4 is 22.6 Å². The van der Waals surface area contributed by atoms with Gasteiger partial charge in [0.25, 0.3) is 11.8 Å². The van der Waals surface area contributed by atoms with Gasteiger partial charge in [0.2, 0.25) is 0 Å². The van der Waals surface area contributed by atoms with E-state index in [1.165, 1.54) is 7.05 Å². The van der Waals surface area contributed by atoms with Crippen LogP contribution in [0.2, 0.25) is 0 Å². The van der Waals surface area contributed by atoms with E-state index in [0.717, 1.165) is 15.8 Å². The van der Waals surface area contributed by atoms with Gasteiger partial charge in [-0.15, -0.1) is 0 Å². The van der Waals surface area contributed by atoms with Crippen LogP contribution in [0.15, 0.2) is 30.3 Å².